The molecular formula is C27H34N2O5S. The minimum atomic E-state index is -3.19. The lowest BCUT2D eigenvalue weighted by atomic mass is 9.95. The first-order chi connectivity index (χ1) is 16.9. The van der Waals surface area contributed by atoms with Crippen LogP contribution in [-0.2, 0) is 21.2 Å². The zero-order valence-corrected chi connectivity index (χ0v) is 21.3. The minimum absolute atomic E-state index is 0.0215. The molecule has 0 N–H and O–H groups in total. The van der Waals surface area contributed by atoms with Gasteiger partial charge in [-0.2, -0.15) is 0 Å². The summed E-state index contributed by atoms with van der Waals surface area (Å²) in [4.78, 5) is 15.0. The van der Waals surface area contributed by atoms with Crippen LogP contribution in [-0.4, -0.2) is 58.3 Å². The van der Waals surface area contributed by atoms with Crippen LogP contribution in [0.3, 0.4) is 0 Å². The number of ether oxygens (including phenoxy) is 2. The quantitative estimate of drug-likeness (QED) is 0.508. The van der Waals surface area contributed by atoms with Crippen LogP contribution in [0.1, 0.15) is 43.2 Å². The molecule has 2 aromatic rings. The van der Waals surface area contributed by atoms with Crippen molar-refractivity contribution in [3.05, 3.63) is 59.7 Å². The van der Waals surface area contributed by atoms with Gasteiger partial charge < -0.3 is 14.4 Å². The topological polar surface area (TPSA) is 76.2 Å². The zero-order chi connectivity index (χ0) is 24.8. The Balaban J connectivity index is 1.37. The molecule has 1 unspecified atom stereocenters. The van der Waals surface area contributed by atoms with Crippen LogP contribution in [0.5, 0.6) is 11.5 Å². The van der Waals surface area contributed by atoms with Gasteiger partial charge in [0.25, 0.3) is 0 Å². The number of aryl methyl sites for hydroxylation is 1. The lowest BCUT2D eigenvalue weighted by Crippen LogP contribution is -2.43. The summed E-state index contributed by atoms with van der Waals surface area (Å²) in [5.74, 6) is 1.66. The summed E-state index contributed by atoms with van der Waals surface area (Å²) < 4.78 is 36.4. The third-order valence-electron chi connectivity index (χ3n) is 6.82. The summed E-state index contributed by atoms with van der Waals surface area (Å²) in [5.41, 5.74) is 2.71. The second-order valence-electron chi connectivity index (χ2n) is 9.08. The van der Waals surface area contributed by atoms with E-state index in [4.69, 9.17) is 9.47 Å². The number of likely N-dealkylation sites (tertiary alicyclic amines) is 1. The normalized spacial score (nSPS) is 19.8. The SMILES string of the molecule is COc1ccc(CCC2CCCCN2C(=O)/C=C/c2ccc(N3CCCS3(=O)=O)cc2)cc1OC. The summed E-state index contributed by atoms with van der Waals surface area (Å²) in [6.07, 6.45) is 9.01. The van der Waals surface area contributed by atoms with Gasteiger partial charge in [-0.1, -0.05) is 18.2 Å². The highest BCUT2D eigenvalue weighted by molar-refractivity contribution is 7.93. The number of piperidine rings is 1. The average Bonchev–Trinajstić information content (AvgIpc) is 3.25. The molecule has 2 saturated heterocycles. The lowest BCUT2D eigenvalue weighted by Gasteiger charge is -2.35. The third-order valence-corrected chi connectivity index (χ3v) is 8.69. The molecule has 0 aliphatic carbocycles. The number of hydrogen-bond donors (Lipinski definition) is 0. The predicted octanol–water partition coefficient (Wildman–Crippen LogP) is 4.27. The van der Waals surface area contributed by atoms with Crippen molar-refractivity contribution in [1.29, 1.82) is 0 Å². The number of carbonyl (C=O) groups is 1. The zero-order valence-electron chi connectivity index (χ0n) is 20.5. The first kappa shape index (κ1) is 25.1. The molecule has 0 aromatic heterocycles. The first-order valence-corrected chi connectivity index (χ1v) is 13.8. The fourth-order valence-electron chi connectivity index (χ4n) is 4.90. The Bertz CT molecular complexity index is 1160. The van der Waals surface area contributed by atoms with Gasteiger partial charge in [0.15, 0.2) is 11.5 Å². The van der Waals surface area contributed by atoms with E-state index in [0.717, 1.165) is 55.5 Å². The van der Waals surface area contributed by atoms with Crippen LogP contribution in [0, 0.1) is 0 Å². The minimum Gasteiger partial charge on any atom is -0.493 e. The molecule has 8 heteroatoms. The number of rotatable bonds is 8. The van der Waals surface area contributed by atoms with Gasteiger partial charge in [-0.25, -0.2) is 8.42 Å². The second-order valence-corrected chi connectivity index (χ2v) is 11.1. The Morgan fingerprint density at radius 2 is 1.77 bits per heavy atom. The molecule has 0 spiro atoms. The molecular weight excluding hydrogens is 464 g/mol. The molecule has 2 fully saturated rings. The number of hydrogen-bond acceptors (Lipinski definition) is 5. The average molecular weight is 499 g/mol. The van der Waals surface area contributed by atoms with E-state index in [1.807, 2.05) is 41.3 Å². The van der Waals surface area contributed by atoms with Crippen LogP contribution in [0.15, 0.2) is 48.5 Å². The van der Waals surface area contributed by atoms with E-state index in [-0.39, 0.29) is 17.7 Å². The fourth-order valence-corrected chi connectivity index (χ4v) is 6.47. The van der Waals surface area contributed by atoms with Crippen molar-refractivity contribution in [3.8, 4) is 11.5 Å². The van der Waals surface area contributed by atoms with E-state index in [1.54, 1.807) is 32.4 Å². The molecule has 2 heterocycles. The van der Waals surface area contributed by atoms with Crippen molar-refractivity contribution >= 4 is 27.7 Å². The van der Waals surface area contributed by atoms with E-state index in [9.17, 15) is 13.2 Å². The van der Waals surface area contributed by atoms with Gasteiger partial charge in [-0.3, -0.25) is 9.10 Å². The third kappa shape index (κ3) is 5.99. The maximum absolute atomic E-state index is 13.1. The van der Waals surface area contributed by atoms with Gasteiger partial charge in [-0.15, -0.1) is 0 Å². The van der Waals surface area contributed by atoms with Crippen molar-refractivity contribution in [2.24, 2.45) is 0 Å². The Hall–Kier alpha value is -3.00. The standard InChI is InChI=1S/C27H34N2O5S/c1-33-25-15-10-22(20-26(25)34-2)9-12-23-6-3-4-17-28(23)27(30)16-11-21-7-13-24(14-8-21)29-18-5-19-35(29,31)32/h7-8,10-11,13-16,20,23H,3-6,9,12,17-19H2,1-2H3/b16-11+. The molecule has 35 heavy (non-hydrogen) atoms. The molecule has 0 bridgehead atoms. The number of benzene rings is 2. The molecule has 1 amide bonds. The number of sulfonamides is 1. The van der Waals surface area contributed by atoms with E-state index in [2.05, 4.69) is 0 Å². The van der Waals surface area contributed by atoms with Gasteiger partial charge in [0.1, 0.15) is 0 Å². The van der Waals surface area contributed by atoms with E-state index in [0.29, 0.717) is 24.4 Å². The maximum atomic E-state index is 13.1. The smallest absolute Gasteiger partial charge is 0.246 e. The van der Waals surface area contributed by atoms with Crippen molar-refractivity contribution in [3.63, 3.8) is 0 Å². The Morgan fingerprint density at radius 3 is 2.46 bits per heavy atom. The van der Waals surface area contributed by atoms with Crippen molar-refractivity contribution in [1.82, 2.24) is 4.90 Å². The van der Waals surface area contributed by atoms with E-state index in [1.165, 1.54) is 4.31 Å². The Labute approximate surface area is 208 Å². The summed E-state index contributed by atoms with van der Waals surface area (Å²) in [7, 11) is 0.0728. The molecule has 2 aliphatic heterocycles. The van der Waals surface area contributed by atoms with Crippen LogP contribution in [0.25, 0.3) is 6.08 Å². The second kappa shape index (κ2) is 11.2. The van der Waals surface area contributed by atoms with Gasteiger partial charge in [-0.05, 0) is 80.0 Å². The van der Waals surface area contributed by atoms with Crippen LogP contribution in [0.2, 0.25) is 0 Å². The predicted molar refractivity (Wildman–Crippen MR) is 138 cm³/mol. The summed E-state index contributed by atoms with van der Waals surface area (Å²) in [6, 6.07) is 13.5. The largest absolute Gasteiger partial charge is 0.493 e. The molecule has 0 radical (unpaired) electrons. The molecule has 7 nitrogen and oxygen atoms in total. The lowest BCUT2D eigenvalue weighted by molar-refractivity contribution is -0.129. The summed E-state index contributed by atoms with van der Waals surface area (Å²) >= 11 is 0. The molecule has 0 saturated carbocycles. The van der Waals surface area contributed by atoms with E-state index < -0.39 is 10.0 Å². The van der Waals surface area contributed by atoms with E-state index >= 15 is 0 Å². The highest BCUT2D eigenvalue weighted by atomic mass is 32.2. The van der Waals surface area contributed by atoms with Crippen LogP contribution >= 0.6 is 0 Å². The summed E-state index contributed by atoms with van der Waals surface area (Å²) in [5, 5.41) is 0. The monoisotopic (exact) mass is 498 g/mol. The van der Waals surface area contributed by atoms with Crippen LogP contribution in [0.4, 0.5) is 5.69 Å². The van der Waals surface area contributed by atoms with Crippen molar-refractivity contribution < 1.29 is 22.7 Å². The molecule has 2 aromatic carbocycles. The molecule has 2 aliphatic rings. The number of anilines is 1. The van der Waals surface area contributed by atoms with Crippen molar-refractivity contribution in [2.75, 3.05) is 37.4 Å². The van der Waals surface area contributed by atoms with Crippen LogP contribution < -0.4 is 13.8 Å². The molecule has 1 atom stereocenters. The highest BCUT2D eigenvalue weighted by Crippen LogP contribution is 2.29. The highest BCUT2D eigenvalue weighted by Gasteiger charge is 2.28. The Morgan fingerprint density at radius 1 is 1.00 bits per heavy atom. The maximum Gasteiger partial charge on any atom is 0.246 e. The number of nitrogens with zero attached hydrogens (tertiary/aromatic N) is 2. The first-order valence-electron chi connectivity index (χ1n) is 12.2. The number of amides is 1. The van der Waals surface area contributed by atoms with Crippen molar-refractivity contribution in [2.45, 2.75) is 44.6 Å². The Kier molecular flexibility index (Phi) is 8.00. The van der Waals surface area contributed by atoms with Gasteiger partial charge in [0.05, 0.1) is 25.7 Å². The fraction of sp³-hybridized carbons (Fsp3) is 0.444. The summed E-state index contributed by atoms with van der Waals surface area (Å²) in [6.45, 7) is 1.29. The number of methoxy groups -OCH3 is 2. The molecule has 188 valence electrons. The van der Waals surface area contributed by atoms with Gasteiger partial charge in [0.2, 0.25) is 15.9 Å². The molecule has 4 rings (SSSR count). The van der Waals surface area contributed by atoms with Gasteiger partial charge >= 0.3 is 0 Å². The number of carbonyl (C=O) groups excluding carboxylic acids is 1. The van der Waals surface area contributed by atoms with Gasteiger partial charge in [0, 0.05) is 25.2 Å².